The first-order valence-electron chi connectivity index (χ1n) is 19.0. The number of para-hydroxylation sites is 4. The predicted octanol–water partition coefficient (Wildman–Crippen LogP) is 12.5. The number of hydrogen-bond acceptors (Lipinski definition) is 14. The third-order valence-corrected chi connectivity index (χ3v) is 70.6. The minimum absolute atomic E-state index is 0.831. The average Bonchev–Trinajstić information content (AvgIpc) is 4.07. The van der Waals surface area contributed by atoms with Crippen LogP contribution in [0, 0.1) is 0 Å². The number of nitrogens with zero attached hydrogens (tertiary/aromatic N) is 4. The lowest BCUT2D eigenvalue weighted by Gasteiger charge is -2.67. The van der Waals surface area contributed by atoms with Crippen LogP contribution in [0.25, 0.3) is 0 Å². The fraction of sp³-hybridized carbons (Fsp3) is 0.250. The van der Waals surface area contributed by atoms with Gasteiger partial charge in [0.25, 0.3) is 0 Å². The van der Waals surface area contributed by atoms with E-state index in [2.05, 4.69) is 119 Å². The van der Waals surface area contributed by atoms with Crippen molar-refractivity contribution in [3.63, 3.8) is 0 Å². The zero-order chi connectivity index (χ0) is 41.5. The van der Waals surface area contributed by atoms with Gasteiger partial charge >= 0.3 is 17.6 Å². The van der Waals surface area contributed by atoms with Gasteiger partial charge in [0, 0.05) is 71.2 Å². The van der Waals surface area contributed by atoms with E-state index in [4.69, 9.17) is 46.5 Å². The number of hydrogen-bond donors (Lipinski definition) is 0. The quantitative estimate of drug-likeness (QED) is 0.0495. The van der Waals surface area contributed by atoms with Crippen LogP contribution in [0.1, 0.15) is 12.8 Å². The van der Waals surface area contributed by atoms with Gasteiger partial charge in [-0.25, -0.2) is 20.0 Å². The smallest absolute Gasteiger partial charge is 0.373 e. The number of fused-ring (bicyclic) bond motifs is 6. The van der Waals surface area contributed by atoms with Crippen molar-refractivity contribution < 1.29 is 26.6 Å². The summed E-state index contributed by atoms with van der Waals surface area (Å²) in [7, 11) is 1.17. The van der Waals surface area contributed by atoms with E-state index in [1.165, 1.54) is 28.6 Å². The molecule has 0 amide bonds. The third-order valence-electron chi connectivity index (χ3n) is 12.8. The maximum absolute atomic E-state index is 6.41. The van der Waals surface area contributed by atoms with Gasteiger partial charge in [-0.15, -0.1) is 15.6 Å². The van der Waals surface area contributed by atoms with Gasteiger partial charge in [-0.2, -0.15) is 0 Å². The fourth-order valence-corrected chi connectivity index (χ4v) is 84.8. The van der Waals surface area contributed by atoms with Crippen LogP contribution >= 0.6 is 71.1 Å². The van der Waals surface area contributed by atoms with Crippen LogP contribution in [0.3, 0.4) is 0 Å². The van der Waals surface area contributed by atoms with Gasteiger partial charge in [0.15, 0.2) is 0 Å². The minimum atomic E-state index is -3.33. The Hall–Kier alpha value is -1.71. The highest BCUT2D eigenvalue weighted by atomic mass is 34.0. The van der Waals surface area contributed by atoms with E-state index in [1.807, 2.05) is 39.3 Å². The molecule has 4 aromatic rings. The molecule has 318 valence electrons. The van der Waals surface area contributed by atoms with Gasteiger partial charge in [0.05, 0.1) is 44.9 Å². The van der Waals surface area contributed by atoms with Crippen LogP contribution in [0.15, 0.2) is 137 Å². The molecule has 0 radical (unpaired) electrons. The molecule has 6 aliphatic heterocycles. The second-order valence-corrected chi connectivity index (χ2v) is 51.7. The van der Waals surface area contributed by atoms with Gasteiger partial charge in [-0.1, -0.05) is 64.7 Å². The van der Waals surface area contributed by atoms with Crippen LogP contribution in [-0.2, 0) is 26.6 Å². The Balaban J connectivity index is 1.17. The Morgan fingerprint density at radius 3 is 1.17 bits per heavy atom. The van der Waals surface area contributed by atoms with E-state index in [9.17, 15) is 0 Å². The molecule has 60 heavy (non-hydrogen) atoms. The Labute approximate surface area is 369 Å². The van der Waals surface area contributed by atoms with Crippen molar-refractivity contribution >= 4 is 143 Å². The van der Waals surface area contributed by atoms with E-state index >= 15 is 0 Å². The zero-order valence-electron chi connectivity index (χ0n) is 33.9. The van der Waals surface area contributed by atoms with E-state index in [-0.39, 0.29) is 0 Å². The van der Waals surface area contributed by atoms with Crippen LogP contribution in [-0.4, -0.2) is 103 Å². The Bertz CT molecular complexity index is 2560. The van der Waals surface area contributed by atoms with Crippen molar-refractivity contribution in [2.75, 3.05) is 54.2 Å². The first kappa shape index (κ1) is 42.3. The summed E-state index contributed by atoms with van der Waals surface area (Å²) in [6.45, 7) is 0. The lowest BCUT2D eigenvalue weighted by Crippen LogP contribution is -2.58. The monoisotopic (exact) mass is 990 g/mol. The van der Waals surface area contributed by atoms with E-state index < -0.39 is 49.4 Å². The summed E-state index contributed by atoms with van der Waals surface area (Å²) in [5.41, 5.74) is 13.3. The van der Waals surface area contributed by atoms with Crippen molar-refractivity contribution in [2.24, 2.45) is 20.0 Å². The summed E-state index contributed by atoms with van der Waals surface area (Å²) in [5, 5.41) is 0. The zero-order valence-corrected chi connectivity index (χ0v) is 42.4. The highest BCUT2D eigenvalue weighted by Gasteiger charge is 2.69. The van der Waals surface area contributed by atoms with Crippen molar-refractivity contribution in [3.05, 3.63) is 97.1 Å². The predicted molar refractivity (Wildman–Crippen MR) is 275 cm³/mol. The molecule has 0 saturated carbocycles. The lowest BCUT2D eigenvalue weighted by atomic mass is 10.3. The second-order valence-electron chi connectivity index (χ2n) is 14.6. The van der Waals surface area contributed by atoms with Gasteiger partial charge < -0.3 is 26.6 Å². The van der Waals surface area contributed by atoms with Crippen LogP contribution < -0.4 is 0 Å². The number of benzene rings is 4. The second kappa shape index (κ2) is 14.9. The largest absolute Gasteiger partial charge is 0.537 e. The van der Waals surface area contributed by atoms with Crippen molar-refractivity contribution in [2.45, 2.75) is 32.4 Å². The number of rotatable bonds is 15. The molecule has 2 spiro atoms. The molecular weight excluding hydrogens is 945 g/mol. The normalized spacial score (nSPS) is 28.6. The molecule has 0 fully saturated rings. The highest BCUT2D eigenvalue weighted by molar-refractivity contribution is 9.63. The molecular formula is C40H46N4O6S8Si2. The summed E-state index contributed by atoms with van der Waals surface area (Å²) >= 11 is 0. The molecule has 6 aliphatic rings. The van der Waals surface area contributed by atoms with E-state index in [1.54, 1.807) is 42.7 Å². The van der Waals surface area contributed by atoms with Gasteiger partial charge in [0.1, 0.15) is 0 Å². The van der Waals surface area contributed by atoms with Crippen molar-refractivity contribution in [3.8, 4) is 0 Å². The fourth-order valence-electron chi connectivity index (χ4n) is 9.97. The van der Waals surface area contributed by atoms with Gasteiger partial charge in [-0.05, 0) is 112 Å². The molecule has 20 heteroatoms. The Morgan fingerprint density at radius 1 is 0.467 bits per heavy atom. The van der Waals surface area contributed by atoms with Crippen molar-refractivity contribution in [1.29, 1.82) is 0 Å². The average molecular weight is 992 g/mol. The van der Waals surface area contributed by atoms with Crippen LogP contribution in [0.5, 0.6) is 0 Å². The summed E-state index contributed by atoms with van der Waals surface area (Å²) in [4.78, 5) is 26.2. The molecule has 0 bridgehead atoms. The highest BCUT2D eigenvalue weighted by Crippen LogP contribution is 3.07. The van der Waals surface area contributed by atoms with Crippen LogP contribution in [0.4, 0.5) is 22.7 Å². The summed E-state index contributed by atoms with van der Waals surface area (Å²) < 4.78 is 40.9. The van der Waals surface area contributed by atoms with Gasteiger partial charge in [0.2, 0.25) is 0 Å². The first-order chi connectivity index (χ1) is 29.2. The molecule has 0 saturated heterocycles. The number of aliphatic imine (C=N–C) groups is 4. The van der Waals surface area contributed by atoms with E-state index in [0.717, 1.165) is 47.1 Å². The SMILES string of the molecule is CO[Si](OC)(OC)C1=S2(S3(SSSSS4(S56(=C([Si](OC)(OC)OC)CC5)C=Nc5ccccc56)C=Nc5ccccc54)C=Nc4ccccc43)(C=Nc3ccccc32)CC1. The molecule has 10 nitrogen and oxygen atoms in total. The third kappa shape index (κ3) is 4.80. The summed E-state index contributed by atoms with van der Waals surface area (Å²) in [5.74, 6) is 1.85. The first-order valence-corrected chi connectivity index (χ1v) is 37.3. The summed E-state index contributed by atoms with van der Waals surface area (Å²) in [6, 6.07) is 34.7. The molecule has 4 aromatic carbocycles. The minimum Gasteiger partial charge on any atom is -0.373 e. The Kier molecular flexibility index (Phi) is 10.5. The maximum atomic E-state index is 6.41. The molecule has 6 heterocycles. The van der Waals surface area contributed by atoms with Gasteiger partial charge in [-0.3, -0.25) is 0 Å². The lowest BCUT2D eigenvalue weighted by molar-refractivity contribution is 0.144. The maximum Gasteiger partial charge on any atom is 0.537 e. The molecule has 2 atom stereocenters. The van der Waals surface area contributed by atoms with Crippen LogP contribution in [0.2, 0.25) is 0 Å². The van der Waals surface area contributed by atoms with E-state index in [0.29, 0.717) is 0 Å². The molecule has 2 unspecified atom stereocenters. The molecule has 0 aliphatic carbocycles. The topological polar surface area (TPSA) is 105 Å². The molecule has 0 aromatic heterocycles. The summed E-state index contributed by atoms with van der Waals surface area (Å²) in [6.07, 6.45) is 1.66. The van der Waals surface area contributed by atoms with Crippen molar-refractivity contribution in [1.82, 2.24) is 0 Å². The standard InChI is InChI=1S/C40H46N4O6S8Si2/c1-45-59(46-2,47-3)39-23-25-57(39,29-43-33-17-9-13-21-37(33)57)55(27-41-31-15-7-11-19-35(31)55)53-51-52-54-56(28-42-32-16-8-12-20-36(32)56)58(30-44-34-18-10-14-22-38(34)58)26-24-40(58)60(48-4,49-5)50-6/h7-22,27-30H,23-26H2,1-6H3. The molecule has 10 rings (SSSR count). The molecule has 0 N–H and O–H groups in total. The Morgan fingerprint density at radius 2 is 0.817 bits per heavy atom.